The lowest BCUT2D eigenvalue weighted by Gasteiger charge is -2.29. The molecule has 0 bridgehead atoms. The van der Waals surface area contributed by atoms with Crippen LogP contribution in [0.2, 0.25) is 0 Å². The van der Waals surface area contributed by atoms with Gasteiger partial charge >= 0.3 is 6.03 Å². The van der Waals surface area contributed by atoms with Gasteiger partial charge in [-0.2, -0.15) is 0 Å². The monoisotopic (exact) mass is 329 g/mol. The Morgan fingerprint density at radius 1 is 1.42 bits per heavy atom. The molecule has 1 atom stereocenters. The van der Waals surface area contributed by atoms with Crippen molar-refractivity contribution in [3.05, 3.63) is 30.5 Å². The van der Waals surface area contributed by atoms with Gasteiger partial charge in [0.25, 0.3) is 0 Å². The molecule has 128 valence electrons. The Morgan fingerprint density at radius 3 is 3.04 bits per heavy atom. The summed E-state index contributed by atoms with van der Waals surface area (Å²) in [5, 5.41) is 6.77. The van der Waals surface area contributed by atoms with Crippen LogP contribution in [0.15, 0.2) is 34.9 Å². The fraction of sp³-hybridized carbons (Fsp3) is 0.444. The van der Waals surface area contributed by atoms with Gasteiger partial charge < -0.3 is 20.0 Å². The van der Waals surface area contributed by atoms with Crippen LogP contribution in [0.4, 0.5) is 10.5 Å². The number of nitrogens with one attached hydrogen (secondary N) is 2. The molecule has 24 heavy (non-hydrogen) atoms. The molecule has 0 spiro atoms. The van der Waals surface area contributed by atoms with Crippen LogP contribution in [-0.4, -0.2) is 36.0 Å². The highest BCUT2D eigenvalue weighted by Crippen LogP contribution is 2.21. The number of furan rings is 1. The normalized spacial score (nSPS) is 18.5. The van der Waals surface area contributed by atoms with Crippen molar-refractivity contribution in [2.45, 2.75) is 32.7 Å². The van der Waals surface area contributed by atoms with Crippen LogP contribution in [0, 0.1) is 5.92 Å². The molecule has 1 aromatic heterocycles. The minimum Gasteiger partial charge on any atom is -0.464 e. The number of carbonyl (C=O) groups is 2. The van der Waals surface area contributed by atoms with Gasteiger partial charge in [-0.1, -0.05) is 13.8 Å². The van der Waals surface area contributed by atoms with Gasteiger partial charge in [0.05, 0.1) is 6.26 Å². The molecule has 2 heterocycles. The maximum atomic E-state index is 12.7. The molecule has 0 saturated carbocycles. The van der Waals surface area contributed by atoms with E-state index in [0.717, 1.165) is 17.4 Å². The Bertz CT molecular complexity index is 738. The molecule has 0 aliphatic carbocycles. The number of urea groups is 1. The molecule has 1 aliphatic heterocycles. The lowest BCUT2D eigenvalue weighted by molar-refractivity contribution is -0.125. The maximum Gasteiger partial charge on any atom is 0.322 e. The van der Waals surface area contributed by atoms with Gasteiger partial charge in [-0.25, -0.2) is 4.79 Å². The fourth-order valence-corrected chi connectivity index (χ4v) is 3.03. The number of benzene rings is 1. The van der Waals surface area contributed by atoms with Crippen molar-refractivity contribution in [2.24, 2.45) is 5.92 Å². The first-order chi connectivity index (χ1) is 11.5. The number of rotatable bonds is 3. The molecule has 1 aliphatic rings. The fourth-order valence-electron chi connectivity index (χ4n) is 3.03. The van der Waals surface area contributed by atoms with Crippen molar-refractivity contribution in [1.29, 1.82) is 0 Å². The van der Waals surface area contributed by atoms with Gasteiger partial charge in [-0.05, 0) is 37.0 Å². The average Bonchev–Trinajstić information content (AvgIpc) is 2.92. The molecule has 2 aromatic rings. The van der Waals surface area contributed by atoms with E-state index in [0.29, 0.717) is 31.1 Å². The molecular weight excluding hydrogens is 306 g/mol. The van der Waals surface area contributed by atoms with E-state index in [4.69, 9.17) is 4.42 Å². The highest BCUT2D eigenvalue weighted by molar-refractivity contribution is 5.95. The number of amides is 3. The van der Waals surface area contributed by atoms with Crippen LogP contribution < -0.4 is 10.6 Å². The Labute approximate surface area is 141 Å². The summed E-state index contributed by atoms with van der Waals surface area (Å²) in [6.45, 7) is 5.28. The molecule has 2 N–H and O–H groups in total. The average molecular weight is 329 g/mol. The molecule has 1 aromatic carbocycles. The Morgan fingerprint density at radius 2 is 2.25 bits per heavy atom. The first kappa shape index (κ1) is 16.4. The first-order valence-corrected chi connectivity index (χ1v) is 8.37. The van der Waals surface area contributed by atoms with Crippen molar-refractivity contribution < 1.29 is 14.0 Å². The number of anilines is 1. The van der Waals surface area contributed by atoms with Gasteiger partial charge in [0.15, 0.2) is 0 Å². The van der Waals surface area contributed by atoms with E-state index in [-0.39, 0.29) is 11.9 Å². The molecule has 1 fully saturated rings. The summed E-state index contributed by atoms with van der Waals surface area (Å²) in [6, 6.07) is 6.73. The Hall–Kier alpha value is -2.50. The van der Waals surface area contributed by atoms with Crippen molar-refractivity contribution >= 4 is 28.6 Å². The third-order valence-electron chi connectivity index (χ3n) is 4.22. The van der Waals surface area contributed by atoms with Gasteiger partial charge in [-0.3, -0.25) is 4.79 Å². The Balaban J connectivity index is 1.78. The first-order valence-electron chi connectivity index (χ1n) is 8.37. The molecule has 6 heteroatoms. The summed E-state index contributed by atoms with van der Waals surface area (Å²) in [4.78, 5) is 26.7. The topological polar surface area (TPSA) is 74.6 Å². The summed E-state index contributed by atoms with van der Waals surface area (Å²) >= 11 is 0. The van der Waals surface area contributed by atoms with Crippen LogP contribution in [0.1, 0.15) is 26.7 Å². The van der Waals surface area contributed by atoms with Crippen molar-refractivity contribution in [3.8, 4) is 0 Å². The lowest BCUT2D eigenvalue weighted by Crippen LogP contribution is -2.49. The predicted octanol–water partition coefficient (Wildman–Crippen LogP) is 3.20. The number of hydrogen-bond donors (Lipinski definition) is 2. The van der Waals surface area contributed by atoms with Crippen molar-refractivity contribution in [3.63, 3.8) is 0 Å². The second-order valence-electron chi connectivity index (χ2n) is 6.59. The van der Waals surface area contributed by atoms with Crippen LogP contribution in [0.3, 0.4) is 0 Å². The van der Waals surface area contributed by atoms with E-state index in [2.05, 4.69) is 24.5 Å². The second kappa shape index (κ2) is 6.95. The summed E-state index contributed by atoms with van der Waals surface area (Å²) in [5.74, 6) is 0.256. The largest absolute Gasteiger partial charge is 0.464 e. The van der Waals surface area contributed by atoms with Gasteiger partial charge in [0.1, 0.15) is 11.6 Å². The zero-order valence-corrected chi connectivity index (χ0v) is 14.0. The summed E-state index contributed by atoms with van der Waals surface area (Å²) in [7, 11) is 0. The van der Waals surface area contributed by atoms with Crippen LogP contribution >= 0.6 is 0 Å². The predicted molar refractivity (Wildman–Crippen MR) is 92.8 cm³/mol. The van der Waals surface area contributed by atoms with E-state index in [9.17, 15) is 9.59 Å². The van der Waals surface area contributed by atoms with E-state index >= 15 is 0 Å². The second-order valence-corrected chi connectivity index (χ2v) is 6.59. The number of fused-ring (bicyclic) bond motifs is 1. The van der Waals surface area contributed by atoms with Gasteiger partial charge in [0.2, 0.25) is 5.91 Å². The van der Waals surface area contributed by atoms with Crippen molar-refractivity contribution in [2.75, 3.05) is 18.4 Å². The third-order valence-corrected chi connectivity index (χ3v) is 4.22. The number of carbonyl (C=O) groups excluding carboxylic acids is 2. The van der Waals surface area contributed by atoms with Gasteiger partial charge in [0, 0.05) is 30.2 Å². The molecule has 1 unspecified atom stereocenters. The van der Waals surface area contributed by atoms with E-state index < -0.39 is 6.04 Å². The molecule has 3 rings (SSSR count). The molecular formula is C18H23N3O3. The van der Waals surface area contributed by atoms with Crippen LogP contribution in [0.25, 0.3) is 11.0 Å². The van der Waals surface area contributed by atoms with Crippen molar-refractivity contribution in [1.82, 2.24) is 10.2 Å². The zero-order valence-electron chi connectivity index (χ0n) is 14.0. The maximum absolute atomic E-state index is 12.7. The summed E-state index contributed by atoms with van der Waals surface area (Å²) < 4.78 is 5.37. The standard InChI is InChI=1S/C18H23N3O3/c1-12(2)10-15-17(22)19-7-3-8-21(15)18(23)20-14-5-4-13-6-9-24-16(13)11-14/h4-6,9,11-12,15H,3,7-8,10H2,1-2H3,(H,19,22)(H,20,23). The SMILES string of the molecule is CC(C)CC1C(=O)NCCCN1C(=O)Nc1ccc2ccoc2c1. The number of nitrogens with zero attached hydrogens (tertiary/aromatic N) is 1. The van der Waals surface area contributed by atoms with Gasteiger partial charge in [-0.15, -0.1) is 0 Å². The van der Waals surface area contributed by atoms with E-state index in [1.165, 1.54) is 0 Å². The number of hydrogen-bond acceptors (Lipinski definition) is 3. The molecule has 1 saturated heterocycles. The highest BCUT2D eigenvalue weighted by atomic mass is 16.3. The molecule has 6 nitrogen and oxygen atoms in total. The van der Waals surface area contributed by atoms with Crippen LogP contribution in [0.5, 0.6) is 0 Å². The Kier molecular flexibility index (Phi) is 4.74. The quantitative estimate of drug-likeness (QED) is 0.908. The summed E-state index contributed by atoms with van der Waals surface area (Å²) in [6.07, 6.45) is 3.02. The smallest absolute Gasteiger partial charge is 0.322 e. The molecule has 3 amide bonds. The van der Waals surface area contributed by atoms with E-state index in [1.54, 1.807) is 17.2 Å². The lowest BCUT2D eigenvalue weighted by atomic mass is 10.0. The third kappa shape index (κ3) is 3.53. The highest BCUT2D eigenvalue weighted by Gasteiger charge is 2.32. The molecule has 0 radical (unpaired) electrons. The van der Waals surface area contributed by atoms with Crippen LogP contribution in [-0.2, 0) is 4.79 Å². The van der Waals surface area contributed by atoms with E-state index in [1.807, 2.05) is 18.2 Å². The minimum absolute atomic E-state index is 0.0714. The minimum atomic E-state index is -0.431. The summed E-state index contributed by atoms with van der Waals surface area (Å²) in [5.41, 5.74) is 1.38. The zero-order chi connectivity index (χ0) is 17.1.